The van der Waals surface area contributed by atoms with Crippen molar-refractivity contribution < 1.29 is 59.1 Å². The molecule has 1 saturated heterocycles. The molecule has 3 heterocycles. The SMILES string of the molecule is C[C@]1(C(=O)[O-])CSC(c2ncc(OCCOCCOCCO[C@H]3OC(CO)[C@@H](O)C(O)[C@@H]3O)cc2O)=N1. The van der Waals surface area contributed by atoms with E-state index in [1.54, 1.807) is 0 Å². The first-order valence-electron chi connectivity index (χ1n) is 11.5. The van der Waals surface area contributed by atoms with Crippen LogP contribution in [0.15, 0.2) is 17.3 Å². The summed E-state index contributed by atoms with van der Waals surface area (Å²) in [6.45, 7) is 2.03. The number of aliphatic hydroxyl groups is 4. The first-order valence-corrected chi connectivity index (χ1v) is 12.5. The Bertz CT molecular complexity index is 935. The van der Waals surface area contributed by atoms with Gasteiger partial charge in [-0.3, -0.25) is 4.99 Å². The molecule has 0 saturated carbocycles. The van der Waals surface area contributed by atoms with Crippen LogP contribution in [0.25, 0.3) is 0 Å². The van der Waals surface area contributed by atoms with Crippen LogP contribution < -0.4 is 9.84 Å². The molecule has 0 radical (unpaired) electrons. The van der Waals surface area contributed by atoms with Gasteiger partial charge in [-0.15, -0.1) is 11.8 Å². The van der Waals surface area contributed by atoms with E-state index in [1.807, 2.05) is 0 Å². The molecule has 14 nitrogen and oxygen atoms in total. The van der Waals surface area contributed by atoms with Gasteiger partial charge in [-0.2, -0.15) is 0 Å². The van der Waals surface area contributed by atoms with E-state index in [1.165, 1.54) is 30.9 Å². The van der Waals surface area contributed by atoms with E-state index < -0.39 is 48.8 Å². The highest BCUT2D eigenvalue weighted by Crippen LogP contribution is 2.33. The van der Waals surface area contributed by atoms with Crippen LogP contribution in [-0.4, -0.2) is 130 Å². The van der Waals surface area contributed by atoms with Gasteiger partial charge in [0.05, 0.1) is 51.8 Å². The number of aliphatic imine (C=N–C) groups is 1. The maximum absolute atomic E-state index is 11.2. The molecule has 1 fully saturated rings. The van der Waals surface area contributed by atoms with Gasteiger partial charge in [0.2, 0.25) is 0 Å². The Hall–Kier alpha value is -2.08. The van der Waals surface area contributed by atoms with Crippen LogP contribution in [0.1, 0.15) is 12.6 Å². The first kappa shape index (κ1) is 29.5. The van der Waals surface area contributed by atoms with E-state index in [2.05, 4.69) is 9.98 Å². The van der Waals surface area contributed by atoms with Crippen LogP contribution in [0.4, 0.5) is 0 Å². The van der Waals surface area contributed by atoms with Gasteiger partial charge < -0.3 is 59.1 Å². The number of nitrogens with zero attached hydrogens (tertiary/aromatic N) is 2. The largest absolute Gasteiger partial charge is 0.547 e. The van der Waals surface area contributed by atoms with Crippen LogP contribution in [0, 0.1) is 0 Å². The van der Waals surface area contributed by atoms with Gasteiger partial charge in [-0.05, 0) is 6.92 Å². The molecular formula is C22H31N2O12S-. The van der Waals surface area contributed by atoms with Crippen molar-refractivity contribution in [3.05, 3.63) is 18.0 Å². The number of aromatic hydroxyl groups is 1. The lowest BCUT2D eigenvalue weighted by atomic mass is 9.99. The van der Waals surface area contributed by atoms with E-state index in [-0.39, 0.29) is 56.8 Å². The van der Waals surface area contributed by atoms with Crippen molar-refractivity contribution in [2.24, 2.45) is 4.99 Å². The van der Waals surface area contributed by atoms with Gasteiger partial charge >= 0.3 is 0 Å². The van der Waals surface area contributed by atoms with E-state index in [4.69, 9.17) is 28.8 Å². The van der Waals surface area contributed by atoms with Crippen molar-refractivity contribution >= 4 is 22.8 Å². The van der Waals surface area contributed by atoms with Crippen molar-refractivity contribution in [1.29, 1.82) is 0 Å². The maximum Gasteiger partial charge on any atom is 0.186 e. The van der Waals surface area contributed by atoms with E-state index in [0.717, 1.165) is 0 Å². The van der Waals surface area contributed by atoms with Crippen molar-refractivity contribution in [2.45, 2.75) is 43.2 Å². The molecule has 0 amide bonds. The lowest BCUT2D eigenvalue weighted by molar-refractivity contribution is -0.311. The molecule has 2 unspecified atom stereocenters. The normalized spacial score (nSPS) is 29.8. The molecular weight excluding hydrogens is 516 g/mol. The number of carbonyl (C=O) groups is 1. The predicted octanol–water partition coefficient (Wildman–Crippen LogP) is -2.98. The average molecular weight is 548 g/mol. The highest BCUT2D eigenvalue weighted by atomic mass is 32.2. The molecule has 5 N–H and O–H groups in total. The smallest absolute Gasteiger partial charge is 0.186 e. The van der Waals surface area contributed by atoms with Crippen LogP contribution in [0.2, 0.25) is 0 Å². The van der Waals surface area contributed by atoms with E-state index >= 15 is 0 Å². The van der Waals surface area contributed by atoms with Crippen LogP contribution in [0.5, 0.6) is 11.5 Å². The Labute approximate surface area is 216 Å². The second kappa shape index (κ2) is 13.6. The highest BCUT2D eigenvalue weighted by molar-refractivity contribution is 8.14. The summed E-state index contributed by atoms with van der Waals surface area (Å²) in [7, 11) is 0. The summed E-state index contributed by atoms with van der Waals surface area (Å²) in [5.41, 5.74) is -1.19. The Morgan fingerprint density at radius 3 is 2.43 bits per heavy atom. The fraction of sp³-hybridized carbons (Fsp3) is 0.682. The summed E-state index contributed by atoms with van der Waals surface area (Å²) in [5, 5.41) is 60.3. The number of hydrogen-bond donors (Lipinski definition) is 5. The van der Waals surface area contributed by atoms with Gasteiger partial charge in [0.15, 0.2) is 6.29 Å². The Balaban J connectivity index is 1.26. The monoisotopic (exact) mass is 547 g/mol. The number of aromatic nitrogens is 1. The number of ether oxygens (including phenoxy) is 5. The fourth-order valence-electron chi connectivity index (χ4n) is 3.37. The number of aliphatic hydroxyl groups excluding tert-OH is 4. The fourth-order valence-corrected chi connectivity index (χ4v) is 4.53. The number of hydrogen-bond acceptors (Lipinski definition) is 15. The topological polar surface area (TPSA) is 213 Å². The number of aliphatic carboxylic acids is 1. The van der Waals surface area contributed by atoms with Gasteiger partial charge in [0, 0.05) is 11.8 Å². The number of thioether (sulfide) groups is 1. The molecule has 0 aromatic carbocycles. The minimum Gasteiger partial charge on any atom is -0.547 e. The van der Waals surface area contributed by atoms with Crippen LogP contribution >= 0.6 is 11.8 Å². The molecule has 1 aromatic heterocycles. The summed E-state index contributed by atoms with van der Waals surface area (Å²) >= 11 is 1.17. The van der Waals surface area contributed by atoms with E-state index in [9.17, 15) is 30.3 Å². The minimum atomic E-state index is -1.50. The number of rotatable bonds is 14. The van der Waals surface area contributed by atoms with Gasteiger partial charge in [-0.25, -0.2) is 4.98 Å². The zero-order valence-electron chi connectivity index (χ0n) is 20.1. The molecule has 0 aliphatic carbocycles. The second-order valence-corrected chi connectivity index (χ2v) is 9.41. The molecule has 1 aromatic rings. The first-order chi connectivity index (χ1) is 17.7. The number of carbonyl (C=O) groups excluding carboxylic acids is 1. The lowest BCUT2D eigenvalue weighted by Gasteiger charge is -2.39. The molecule has 2 aliphatic heterocycles. The quantitative estimate of drug-likeness (QED) is 0.147. The van der Waals surface area contributed by atoms with Gasteiger partial charge in [0.1, 0.15) is 58.8 Å². The Kier molecular flexibility index (Phi) is 10.9. The third-order valence-corrected chi connectivity index (χ3v) is 6.81. The predicted molar refractivity (Wildman–Crippen MR) is 125 cm³/mol. The number of carboxylic acid groups (broad SMARTS) is 1. The third-order valence-electron chi connectivity index (χ3n) is 5.55. The summed E-state index contributed by atoms with van der Waals surface area (Å²) in [5.74, 6) is -0.985. The second-order valence-electron chi connectivity index (χ2n) is 8.45. The summed E-state index contributed by atoms with van der Waals surface area (Å²) in [6, 6.07) is 1.36. The molecule has 37 heavy (non-hydrogen) atoms. The number of carboxylic acids is 1. The van der Waals surface area contributed by atoms with Crippen molar-refractivity contribution in [1.82, 2.24) is 4.98 Å². The molecule has 3 rings (SSSR count). The zero-order valence-corrected chi connectivity index (χ0v) is 20.9. The van der Waals surface area contributed by atoms with E-state index in [0.29, 0.717) is 10.8 Å². The number of pyridine rings is 1. The minimum absolute atomic E-state index is 0.0374. The van der Waals surface area contributed by atoms with Crippen LogP contribution in [-0.2, 0) is 23.7 Å². The lowest BCUT2D eigenvalue weighted by Crippen LogP contribution is -2.59. The molecule has 208 valence electrons. The van der Waals surface area contributed by atoms with Crippen molar-refractivity contribution in [2.75, 3.05) is 52.0 Å². The third kappa shape index (κ3) is 7.72. The summed E-state index contributed by atoms with van der Waals surface area (Å²) in [6.07, 6.45) is -5.26. The van der Waals surface area contributed by atoms with Crippen molar-refractivity contribution in [3.8, 4) is 11.5 Å². The molecule has 6 atom stereocenters. The molecule has 0 spiro atoms. The molecule has 2 aliphatic rings. The van der Waals surface area contributed by atoms with Gasteiger partial charge in [-0.1, -0.05) is 0 Å². The van der Waals surface area contributed by atoms with Crippen molar-refractivity contribution in [3.63, 3.8) is 0 Å². The Morgan fingerprint density at radius 2 is 1.81 bits per heavy atom. The maximum atomic E-state index is 11.2. The molecule has 0 bridgehead atoms. The summed E-state index contributed by atoms with van der Waals surface area (Å²) in [4.78, 5) is 19.4. The average Bonchev–Trinajstić information content (AvgIpc) is 3.28. The van der Waals surface area contributed by atoms with Crippen LogP contribution in [0.3, 0.4) is 0 Å². The highest BCUT2D eigenvalue weighted by Gasteiger charge is 2.44. The van der Waals surface area contributed by atoms with Gasteiger partial charge in [0.25, 0.3) is 0 Å². The molecule has 15 heteroatoms. The Morgan fingerprint density at radius 1 is 1.14 bits per heavy atom. The summed E-state index contributed by atoms with van der Waals surface area (Å²) < 4.78 is 26.8. The zero-order chi connectivity index (χ0) is 27.0. The standard InChI is InChI=1S/C22H32N2O12S/c1-22(21(30)31)11-37-19(24-22)15-13(26)8-12(9-23-15)34-6-4-32-2-3-33-5-7-35-20-18(29)17(28)16(27)14(10-25)36-20/h8-9,14,16-18,20,25-29H,2-7,10-11H2,1H3,(H,30,31)/p-1/t14?,16-,17?,18+,20+,22-/m1/s1.